The van der Waals surface area contributed by atoms with Crippen molar-refractivity contribution in [2.75, 3.05) is 32.5 Å². The second-order valence-electron chi connectivity index (χ2n) is 21.1. The Balaban J connectivity index is 1.14. The Bertz CT molecular complexity index is 2200. The van der Waals surface area contributed by atoms with Gasteiger partial charge in [0.15, 0.2) is 0 Å². The molecule has 4 aliphatic rings. The van der Waals surface area contributed by atoms with Gasteiger partial charge in [-0.1, -0.05) is 65.8 Å². The highest BCUT2D eigenvalue weighted by Gasteiger charge is 2.45. The summed E-state index contributed by atoms with van der Waals surface area (Å²) in [6.07, 6.45) is 6.67. The zero-order valence-electron chi connectivity index (χ0n) is 41.3. The molecule has 2 aromatic rings. The van der Waals surface area contributed by atoms with Gasteiger partial charge >= 0.3 is 0 Å². The number of rotatable bonds is 14. The molecule has 0 radical (unpaired) electrons. The van der Waals surface area contributed by atoms with E-state index in [1.165, 1.54) is 0 Å². The summed E-state index contributed by atoms with van der Waals surface area (Å²) >= 11 is 0. The van der Waals surface area contributed by atoms with Gasteiger partial charge in [-0.05, 0) is 137 Å². The molecular weight excluding hydrogens is 851 g/mol. The van der Waals surface area contributed by atoms with Crippen molar-refractivity contribution in [3.05, 3.63) is 64.2 Å². The van der Waals surface area contributed by atoms with Crippen molar-refractivity contribution < 1.29 is 33.6 Å². The van der Waals surface area contributed by atoms with Crippen LogP contribution in [0, 0.1) is 10.8 Å². The van der Waals surface area contributed by atoms with Gasteiger partial charge in [-0.15, -0.1) is 0 Å². The van der Waals surface area contributed by atoms with Crippen LogP contribution in [0.4, 0.5) is 5.69 Å². The molecule has 0 unspecified atom stereocenters. The molecule has 6 rings (SSSR count). The molecule has 2 fully saturated rings. The molecular formula is C51H75N9O7. The number of anilines is 1. The summed E-state index contributed by atoms with van der Waals surface area (Å²) in [7, 11) is 3.37. The predicted molar refractivity (Wildman–Crippen MR) is 258 cm³/mol. The van der Waals surface area contributed by atoms with Crippen LogP contribution in [0.5, 0.6) is 0 Å². The van der Waals surface area contributed by atoms with Gasteiger partial charge in [-0.25, -0.2) is 0 Å². The Hall–Kier alpha value is -5.35. The normalized spacial score (nSPS) is 22.3. The molecule has 8 atom stereocenters. The number of nitrogens with one attached hydrogen (secondary N) is 7. The van der Waals surface area contributed by atoms with Gasteiger partial charge in [0.1, 0.15) is 24.2 Å². The molecule has 7 amide bonds. The van der Waals surface area contributed by atoms with Crippen molar-refractivity contribution in [1.29, 1.82) is 0 Å². The number of likely N-dealkylation sites (tertiary alicyclic amines) is 2. The zero-order chi connectivity index (χ0) is 49.0. The van der Waals surface area contributed by atoms with Gasteiger partial charge in [0.2, 0.25) is 35.4 Å². The lowest BCUT2D eigenvalue weighted by Gasteiger charge is -2.36. The lowest BCUT2D eigenvalue weighted by Crippen LogP contribution is -2.59. The smallest absolute Gasteiger partial charge is 0.255 e. The molecule has 366 valence electrons. The number of carbonyl (C=O) groups is 7. The molecule has 2 aliphatic carbocycles. The van der Waals surface area contributed by atoms with Crippen molar-refractivity contribution in [3.8, 4) is 0 Å². The van der Waals surface area contributed by atoms with E-state index in [1.807, 2.05) is 77.9 Å². The van der Waals surface area contributed by atoms with E-state index in [0.717, 1.165) is 35.1 Å². The van der Waals surface area contributed by atoms with E-state index >= 15 is 0 Å². The second kappa shape index (κ2) is 21.3. The second-order valence-corrected chi connectivity index (χ2v) is 21.1. The van der Waals surface area contributed by atoms with Gasteiger partial charge in [-0.3, -0.25) is 33.6 Å². The molecule has 0 bridgehead atoms. The van der Waals surface area contributed by atoms with Crippen LogP contribution in [0.3, 0.4) is 0 Å². The summed E-state index contributed by atoms with van der Waals surface area (Å²) in [4.78, 5) is 99.6. The fraction of sp³-hybridized carbons (Fsp3) is 0.627. The number of hydrogen-bond acceptors (Lipinski definition) is 9. The minimum absolute atomic E-state index is 0.233. The Labute approximate surface area is 396 Å². The number of nitrogens with zero attached hydrogens (tertiary/aromatic N) is 2. The summed E-state index contributed by atoms with van der Waals surface area (Å²) in [5.41, 5.74) is 3.66. The van der Waals surface area contributed by atoms with Crippen molar-refractivity contribution in [2.45, 2.75) is 168 Å². The number of hydrogen-bond donors (Lipinski definition) is 7. The van der Waals surface area contributed by atoms with Gasteiger partial charge in [0.25, 0.3) is 5.91 Å². The molecule has 2 aliphatic heterocycles. The van der Waals surface area contributed by atoms with E-state index in [2.05, 4.69) is 37.2 Å². The van der Waals surface area contributed by atoms with Crippen LogP contribution >= 0.6 is 0 Å². The molecule has 2 heterocycles. The van der Waals surface area contributed by atoms with Gasteiger partial charge in [0, 0.05) is 24.3 Å². The van der Waals surface area contributed by atoms with E-state index in [0.29, 0.717) is 75.7 Å². The van der Waals surface area contributed by atoms with Crippen molar-refractivity contribution in [2.24, 2.45) is 10.8 Å². The van der Waals surface area contributed by atoms with E-state index < -0.39 is 47.1 Å². The maximum absolute atomic E-state index is 14.3. The first-order valence-electron chi connectivity index (χ1n) is 24.4. The monoisotopic (exact) mass is 926 g/mol. The maximum atomic E-state index is 14.3. The summed E-state index contributed by atoms with van der Waals surface area (Å²) < 4.78 is 0. The quantitative estimate of drug-likeness (QED) is 0.145. The minimum atomic E-state index is -0.817. The molecule has 2 aromatic carbocycles. The van der Waals surface area contributed by atoms with Gasteiger partial charge in [-0.2, -0.15) is 0 Å². The third-order valence-electron chi connectivity index (χ3n) is 14.3. The van der Waals surface area contributed by atoms with Gasteiger partial charge < -0.3 is 47.0 Å². The lowest BCUT2D eigenvalue weighted by molar-refractivity contribution is -0.144. The van der Waals surface area contributed by atoms with Crippen LogP contribution in [0.15, 0.2) is 36.4 Å². The van der Waals surface area contributed by atoms with Crippen LogP contribution < -0.4 is 37.2 Å². The van der Waals surface area contributed by atoms with E-state index in [9.17, 15) is 33.6 Å². The minimum Gasteiger partial charge on any atom is -0.347 e. The lowest BCUT2D eigenvalue weighted by atomic mass is 9.84. The largest absolute Gasteiger partial charge is 0.347 e. The van der Waals surface area contributed by atoms with E-state index in [1.54, 1.807) is 37.7 Å². The van der Waals surface area contributed by atoms with E-state index in [4.69, 9.17) is 0 Å². The highest BCUT2D eigenvalue weighted by atomic mass is 16.2. The first-order chi connectivity index (χ1) is 31.7. The Morgan fingerprint density at radius 3 is 1.46 bits per heavy atom. The highest BCUT2D eigenvalue weighted by Crippen LogP contribution is 2.37. The summed E-state index contributed by atoms with van der Waals surface area (Å²) in [5.74, 6) is -1.86. The Kier molecular flexibility index (Phi) is 16.2. The van der Waals surface area contributed by atoms with E-state index in [-0.39, 0.29) is 53.4 Å². The number of carbonyl (C=O) groups excluding carboxylic acids is 7. The number of amides is 7. The van der Waals surface area contributed by atoms with Crippen LogP contribution in [-0.2, 0) is 41.6 Å². The molecule has 0 spiro atoms. The molecule has 16 nitrogen and oxygen atoms in total. The average molecular weight is 926 g/mol. The SMILES string of the molecule is CN[C@@H](C)C(=O)N[C@H](C(=O)N1CCC[C@H]1C(=O)N[C@@H]1CCCc2c(NC(=O)c3cccc4c3CCC[C@H]4NC(=O)[C@@H]3CCCN3C(=O)[C@@H](NC(=O)[C@H](C)NC)C(C)(C)C)cccc21)C(C)(C)C. The van der Waals surface area contributed by atoms with Crippen molar-refractivity contribution in [3.63, 3.8) is 0 Å². The van der Waals surface area contributed by atoms with Crippen molar-refractivity contribution >= 4 is 47.0 Å². The summed E-state index contributed by atoms with van der Waals surface area (Å²) in [6, 6.07) is 6.75. The molecule has 0 saturated carbocycles. The van der Waals surface area contributed by atoms with Gasteiger partial charge in [0.05, 0.1) is 24.2 Å². The molecule has 2 saturated heterocycles. The highest BCUT2D eigenvalue weighted by molar-refractivity contribution is 6.06. The number of benzene rings is 2. The van der Waals surface area contributed by atoms with Crippen molar-refractivity contribution in [1.82, 2.24) is 41.7 Å². The third-order valence-corrected chi connectivity index (χ3v) is 14.3. The number of fused-ring (bicyclic) bond motifs is 2. The summed E-state index contributed by atoms with van der Waals surface area (Å²) in [6.45, 7) is 15.7. The Morgan fingerprint density at radius 2 is 1.01 bits per heavy atom. The summed E-state index contributed by atoms with van der Waals surface area (Å²) in [5, 5.41) is 21.4. The molecule has 16 heteroatoms. The van der Waals surface area contributed by atoms with Crippen LogP contribution in [0.25, 0.3) is 0 Å². The fourth-order valence-corrected chi connectivity index (χ4v) is 10.1. The zero-order valence-corrected chi connectivity index (χ0v) is 41.3. The maximum Gasteiger partial charge on any atom is 0.255 e. The topological polar surface area (TPSA) is 210 Å². The third kappa shape index (κ3) is 11.5. The first kappa shape index (κ1) is 51.0. The standard InChI is InChI=1S/C51H75N9O7/c1-29(52-9)43(61)57-41(50(3,4)5)48(66)59-27-15-25-39(59)46(64)55-36-22-12-17-31-32(36)18-11-21-35(31)45(63)54-37-23-13-20-34-33(37)19-14-24-38(34)56-47(65)40-26-16-28-60(40)49(67)42(51(6,7)8)58-44(62)30(2)53-10/h11,13,18,20-21,23,29-30,36,38-42,52-53H,12,14-17,19,22,24-28H2,1-10H3,(H,54,63)(H,55,64)(H,56,65)(H,57,61)(H,58,62)/t29-,30-,36+,38+,39-,40-,41+,42+/m0/s1. The fourth-order valence-electron chi connectivity index (χ4n) is 10.1. The van der Waals surface area contributed by atoms with Crippen LogP contribution in [0.2, 0.25) is 0 Å². The average Bonchev–Trinajstić information content (AvgIpc) is 4.00. The Morgan fingerprint density at radius 1 is 0.582 bits per heavy atom. The predicted octanol–water partition coefficient (Wildman–Crippen LogP) is 4.19. The molecule has 0 aromatic heterocycles. The number of likely N-dealkylation sites (N-methyl/N-ethyl adjacent to an activating group) is 2. The molecule has 7 N–H and O–H groups in total. The van der Waals surface area contributed by atoms with Crippen LogP contribution in [-0.4, -0.2) is 115 Å². The van der Waals surface area contributed by atoms with Crippen LogP contribution in [0.1, 0.15) is 151 Å². The molecule has 67 heavy (non-hydrogen) atoms. The first-order valence-corrected chi connectivity index (χ1v) is 24.4.